The lowest BCUT2D eigenvalue weighted by Gasteiger charge is -2.14. The number of amides is 1. The summed E-state index contributed by atoms with van der Waals surface area (Å²) in [6.45, 7) is 5.90. The van der Waals surface area contributed by atoms with Gasteiger partial charge in [0, 0.05) is 32.7 Å². The van der Waals surface area contributed by atoms with Gasteiger partial charge in [0.1, 0.15) is 0 Å². The molecule has 0 spiro atoms. The van der Waals surface area contributed by atoms with Gasteiger partial charge in [-0.3, -0.25) is 4.79 Å². The molecule has 1 fully saturated rings. The molecule has 1 amide bonds. The molecule has 0 aromatic rings. The Labute approximate surface area is 112 Å². The maximum atomic E-state index is 11.4. The third kappa shape index (κ3) is 7.00. The van der Waals surface area contributed by atoms with E-state index in [4.69, 9.17) is 4.74 Å². The van der Waals surface area contributed by atoms with Crippen molar-refractivity contribution in [1.29, 1.82) is 0 Å². The zero-order valence-electron chi connectivity index (χ0n) is 12.0. The normalized spacial score (nSPS) is 15.6. The van der Waals surface area contributed by atoms with Gasteiger partial charge in [-0.2, -0.15) is 0 Å². The van der Waals surface area contributed by atoms with Crippen LogP contribution in [0.5, 0.6) is 0 Å². The summed E-state index contributed by atoms with van der Waals surface area (Å²) >= 11 is 0. The van der Waals surface area contributed by atoms with Crippen LogP contribution in [-0.2, 0) is 9.53 Å². The molecule has 1 heterocycles. The summed E-state index contributed by atoms with van der Waals surface area (Å²) in [6.07, 6.45) is 10.5. The molecule has 0 N–H and O–H groups in total. The summed E-state index contributed by atoms with van der Waals surface area (Å²) in [6, 6.07) is 0. The van der Waals surface area contributed by atoms with Crippen LogP contribution in [0, 0.1) is 0 Å². The van der Waals surface area contributed by atoms with Crippen LogP contribution in [0.25, 0.3) is 0 Å². The van der Waals surface area contributed by atoms with Gasteiger partial charge in [-0.15, -0.1) is 0 Å². The number of unbranched alkanes of at least 4 members (excludes halogenated alkanes) is 5. The molecule has 0 aromatic heterocycles. The van der Waals surface area contributed by atoms with Gasteiger partial charge in [0.15, 0.2) is 0 Å². The van der Waals surface area contributed by atoms with Gasteiger partial charge in [-0.1, -0.05) is 32.6 Å². The molecule has 0 radical (unpaired) electrons. The van der Waals surface area contributed by atoms with Gasteiger partial charge in [0.2, 0.25) is 5.91 Å². The third-order valence-corrected chi connectivity index (χ3v) is 3.53. The fourth-order valence-corrected chi connectivity index (χ4v) is 2.36. The van der Waals surface area contributed by atoms with E-state index in [-0.39, 0.29) is 0 Å². The first kappa shape index (κ1) is 15.5. The van der Waals surface area contributed by atoms with E-state index in [1.165, 1.54) is 32.1 Å². The van der Waals surface area contributed by atoms with Crippen LogP contribution in [0.1, 0.15) is 64.7 Å². The first-order valence-electron chi connectivity index (χ1n) is 7.70. The lowest BCUT2D eigenvalue weighted by atomic mass is 10.2. The van der Waals surface area contributed by atoms with Crippen molar-refractivity contribution >= 4 is 5.91 Å². The van der Waals surface area contributed by atoms with E-state index in [0.29, 0.717) is 5.91 Å². The van der Waals surface area contributed by atoms with Crippen molar-refractivity contribution in [2.24, 2.45) is 0 Å². The van der Waals surface area contributed by atoms with Gasteiger partial charge >= 0.3 is 0 Å². The molecule has 18 heavy (non-hydrogen) atoms. The van der Waals surface area contributed by atoms with Crippen molar-refractivity contribution in [2.45, 2.75) is 64.7 Å². The van der Waals surface area contributed by atoms with E-state index in [2.05, 4.69) is 6.92 Å². The standard InChI is InChI=1S/C15H29NO2/c1-2-3-4-5-7-13-18-14-8-6-11-16-12-9-10-15(16)17/h2-14H2,1H3. The van der Waals surface area contributed by atoms with Crippen LogP contribution in [-0.4, -0.2) is 37.1 Å². The van der Waals surface area contributed by atoms with Crippen LogP contribution < -0.4 is 0 Å². The Kier molecular flexibility index (Phi) is 8.92. The quantitative estimate of drug-likeness (QED) is 0.530. The highest BCUT2D eigenvalue weighted by Gasteiger charge is 2.18. The highest BCUT2D eigenvalue weighted by molar-refractivity contribution is 5.77. The minimum atomic E-state index is 0.340. The monoisotopic (exact) mass is 255 g/mol. The van der Waals surface area contributed by atoms with Crippen LogP contribution in [0.3, 0.4) is 0 Å². The minimum Gasteiger partial charge on any atom is -0.381 e. The summed E-state index contributed by atoms with van der Waals surface area (Å²) in [5.74, 6) is 0.340. The van der Waals surface area contributed by atoms with Crippen LogP contribution in [0.15, 0.2) is 0 Å². The maximum Gasteiger partial charge on any atom is 0.222 e. The number of nitrogens with zero attached hydrogens (tertiary/aromatic N) is 1. The molecule has 3 heteroatoms. The van der Waals surface area contributed by atoms with Crippen LogP contribution in [0.2, 0.25) is 0 Å². The molecule has 0 bridgehead atoms. The molecule has 1 aliphatic heterocycles. The van der Waals surface area contributed by atoms with Crippen molar-refractivity contribution in [2.75, 3.05) is 26.3 Å². The lowest BCUT2D eigenvalue weighted by molar-refractivity contribution is -0.127. The molecular formula is C15H29NO2. The van der Waals surface area contributed by atoms with Gasteiger partial charge in [0.25, 0.3) is 0 Å². The highest BCUT2D eigenvalue weighted by Crippen LogP contribution is 2.10. The smallest absolute Gasteiger partial charge is 0.222 e. The SMILES string of the molecule is CCCCCCCOCCCCN1CCCC1=O. The molecule has 106 valence electrons. The van der Waals surface area contributed by atoms with E-state index in [0.717, 1.165) is 52.0 Å². The Hall–Kier alpha value is -0.570. The summed E-state index contributed by atoms with van der Waals surface area (Å²) in [7, 11) is 0. The second-order valence-electron chi connectivity index (χ2n) is 5.22. The topological polar surface area (TPSA) is 29.5 Å². The Morgan fingerprint density at radius 2 is 1.78 bits per heavy atom. The van der Waals surface area contributed by atoms with E-state index >= 15 is 0 Å². The Morgan fingerprint density at radius 3 is 2.44 bits per heavy atom. The number of carbonyl (C=O) groups is 1. The Morgan fingerprint density at radius 1 is 1.06 bits per heavy atom. The fraction of sp³-hybridized carbons (Fsp3) is 0.933. The summed E-state index contributed by atoms with van der Waals surface area (Å²) in [5.41, 5.74) is 0. The minimum absolute atomic E-state index is 0.340. The van der Waals surface area contributed by atoms with Gasteiger partial charge in [-0.05, 0) is 25.7 Å². The Balaban J connectivity index is 1.77. The molecule has 1 aliphatic rings. The lowest BCUT2D eigenvalue weighted by Crippen LogP contribution is -2.25. The molecule has 0 saturated carbocycles. The molecular weight excluding hydrogens is 226 g/mol. The third-order valence-electron chi connectivity index (χ3n) is 3.53. The van der Waals surface area contributed by atoms with Crippen molar-refractivity contribution < 1.29 is 9.53 Å². The summed E-state index contributed by atoms with van der Waals surface area (Å²) < 4.78 is 5.60. The van der Waals surface area contributed by atoms with Gasteiger partial charge < -0.3 is 9.64 Å². The largest absolute Gasteiger partial charge is 0.381 e. The number of hydrogen-bond acceptors (Lipinski definition) is 2. The molecule has 0 unspecified atom stereocenters. The van der Waals surface area contributed by atoms with E-state index in [9.17, 15) is 4.79 Å². The number of hydrogen-bond donors (Lipinski definition) is 0. The Bertz CT molecular complexity index is 219. The predicted octanol–water partition coefficient (Wildman–Crippen LogP) is 3.38. The first-order chi connectivity index (χ1) is 8.84. The van der Waals surface area contributed by atoms with Crippen molar-refractivity contribution in [3.63, 3.8) is 0 Å². The molecule has 3 nitrogen and oxygen atoms in total. The number of carbonyl (C=O) groups excluding carboxylic acids is 1. The van der Waals surface area contributed by atoms with Gasteiger partial charge in [-0.25, -0.2) is 0 Å². The van der Waals surface area contributed by atoms with Crippen molar-refractivity contribution in [1.82, 2.24) is 4.90 Å². The van der Waals surface area contributed by atoms with E-state index in [1.807, 2.05) is 4.90 Å². The molecule has 0 aliphatic carbocycles. The predicted molar refractivity (Wildman–Crippen MR) is 74.6 cm³/mol. The fourth-order valence-electron chi connectivity index (χ4n) is 2.36. The van der Waals surface area contributed by atoms with Crippen molar-refractivity contribution in [3.05, 3.63) is 0 Å². The molecule has 0 aromatic carbocycles. The number of ether oxygens (including phenoxy) is 1. The van der Waals surface area contributed by atoms with Crippen LogP contribution >= 0.6 is 0 Å². The average molecular weight is 255 g/mol. The second kappa shape index (κ2) is 10.4. The molecule has 1 rings (SSSR count). The number of rotatable bonds is 11. The zero-order valence-corrected chi connectivity index (χ0v) is 12.0. The number of likely N-dealkylation sites (tertiary alicyclic amines) is 1. The van der Waals surface area contributed by atoms with E-state index in [1.54, 1.807) is 0 Å². The first-order valence-corrected chi connectivity index (χ1v) is 7.70. The van der Waals surface area contributed by atoms with E-state index < -0.39 is 0 Å². The zero-order chi connectivity index (χ0) is 13.1. The average Bonchev–Trinajstić information content (AvgIpc) is 2.77. The van der Waals surface area contributed by atoms with Gasteiger partial charge in [0.05, 0.1) is 0 Å². The molecule has 0 atom stereocenters. The highest BCUT2D eigenvalue weighted by atomic mass is 16.5. The second-order valence-corrected chi connectivity index (χ2v) is 5.22. The summed E-state index contributed by atoms with van der Waals surface area (Å²) in [4.78, 5) is 13.4. The summed E-state index contributed by atoms with van der Waals surface area (Å²) in [5, 5.41) is 0. The van der Waals surface area contributed by atoms with Crippen molar-refractivity contribution in [3.8, 4) is 0 Å². The maximum absolute atomic E-state index is 11.4. The van der Waals surface area contributed by atoms with Crippen LogP contribution in [0.4, 0.5) is 0 Å². The molecule has 1 saturated heterocycles.